The molecule has 0 spiro atoms. The summed E-state index contributed by atoms with van der Waals surface area (Å²) in [5.74, 6) is 0. The van der Waals surface area contributed by atoms with Gasteiger partial charge in [0.1, 0.15) is 23.2 Å². The van der Waals surface area contributed by atoms with Gasteiger partial charge in [-0.15, -0.1) is 0 Å². The van der Waals surface area contributed by atoms with Crippen LogP contribution in [0.4, 0.5) is 0 Å². The van der Waals surface area contributed by atoms with Crippen molar-refractivity contribution in [3.05, 3.63) is 125 Å². The second-order valence-corrected chi connectivity index (χ2v) is 11.1. The molecular formula is C25H20Cl3P. The maximum Gasteiger partial charge on any atom is 0.116 e. The van der Waals surface area contributed by atoms with Crippen LogP contribution in [0.1, 0.15) is 5.56 Å². The Bertz CT molecular complexity index is 934. The first kappa shape index (κ1) is 21.9. The molecule has 0 fully saturated rings. The maximum atomic E-state index is 6.34. The van der Waals surface area contributed by atoms with E-state index in [-0.39, 0.29) is 12.4 Å². The molecule has 0 aliphatic heterocycles. The Balaban J connectivity index is 0.00000240. The van der Waals surface area contributed by atoms with E-state index in [0.717, 1.165) is 11.7 Å². The molecule has 0 atom stereocenters. The highest BCUT2D eigenvalue weighted by molar-refractivity contribution is 7.95. The minimum absolute atomic E-state index is 0. The summed E-state index contributed by atoms with van der Waals surface area (Å²) in [7, 11) is -1.93. The Labute approximate surface area is 189 Å². The quantitative estimate of drug-likeness (QED) is 0.403. The first-order valence-electron chi connectivity index (χ1n) is 9.18. The van der Waals surface area contributed by atoms with Gasteiger partial charge in [0.2, 0.25) is 0 Å². The molecule has 4 aromatic carbocycles. The first-order chi connectivity index (χ1) is 13.7. The summed E-state index contributed by atoms with van der Waals surface area (Å²) in [5, 5.41) is 5.40. The van der Waals surface area contributed by atoms with E-state index < -0.39 is 7.26 Å². The van der Waals surface area contributed by atoms with Crippen molar-refractivity contribution in [1.29, 1.82) is 0 Å². The molecule has 4 aromatic rings. The van der Waals surface area contributed by atoms with Crippen molar-refractivity contribution in [2.45, 2.75) is 6.16 Å². The van der Waals surface area contributed by atoms with Gasteiger partial charge in [0.05, 0.1) is 6.16 Å². The molecule has 4 rings (SSSR count). The molecule has 0 radical (unpaired) electrons. The Morgan fingerprint density at radius 1 is 0.517 bits per heavy atom. The lowest BCUT2D eigenvalue weighted by Crippen LogP contribution is -3.00. The number of rotatable bonds is 5. The normalized spacial score (nSPS) is 11.0. The third-order valence-corrected chi connectivity index (χ3v) is 9.75. The topological polar surface area (TPSA) is 0 Å². The van der Waals surface area contributed by atoms with Gasteiger partial charge in [0, 0.05) is 10.0 Å². The second-order valence-electron chi connectivity index (χ2n) is 6.75. The van der Waals surface area contributed by atoms with Gasteiger partial charge in [-0.2, -0.15) is 0 Å². The van der Waals surface area contributed by atoms with E-state index >= 15 is 0 Å². The molecule has 0 saturated carbocycles. The van der Waals surface area contributed by atoms with Gasteiger partial charge < -0.3 is 12.4 Å². The molecule has 0 aliphatic rings. The fourth-order valence-corrected chi connectivity index (χ4v) is 8.53. The van der Waals surface area contributed by atoms with Crippen LogP contribution in [0, 0.1) is 0 Å². The molecule has 146 valence electrons. The molecule has 0 heterocycles. The fourth-order valence-electron chi connectivity index (χ4n) is 3.74. The summed E-state index contributed by atoms with van der Waals surface area (Å²) < 4.78 is 0. The van der Waals surface area contributed by atoms with E-state index in [0.29, 0.717) is 10.0 Å². The molecule has 0 N–H and O–H groups in total. The second kappa shape index (κ2) is 9.79. The SMILES string of the molecule is Clc1cc(Cl)cc(C[P+](c2ccccc2)(c2ccccc2)c2ccccc2)c1.[Cl-]. The molecule has 0 unspecified atom stereocenters. The van der Waals surface area contributed by atoms with Crippen LogP contribution < -0.4 is 28.3 Å². The monoisotopic (exact) mass is 456 g/mol. The van der Waals surface area contributed by atoms with Gasteiger partial charge in [0.25, 0.3) is 0 Å². The minimum Gasteiger partial charge on any atom is -1.00 e. The van der Waals surface area contributed by atoms with Gasteiger partial charge >= 0.3 is 0 Å². The van der Waals surface area contributed by atoms with Gasteiger partial charge in [-0.25, -0.2) is 0 Å². The summed E-state index contributed by atoms with van der Waals surface area (Å²) in [6, 6.07) is 38.3. The van der Waals surface area contributed by atoms with Crippen LogP contribution in [0.2, 0.25) is 10.0 Å². The zero-order chi connectivity index (χ0) is 19.4. The first-order valence-corrected chi connectivity index (χ1v) is 11.9. The highest BCUT2D eigenvalue weighted by atomic mass is 35.5. The number of hydrogen-bond acceptors (Lipinski definition) is 0. The van der Waals surface area contributed by atoms with Crippen molar-refractivity contribution in [2.24, 2.45) is 0 Å². The maximum absolute atomic E-state index is 6.34. The van der Waals surface area contributed by atoms with Crippen molar-refractivity contribution in [3.8, 4) is 0 Å². The van der Waals surface area contributed by atoms with E-state index in [1.807, 2.05) is 12.1 Å². The average molecular weight is 458 g/mol. The van der Waals surface area contributed by atoms with Gasteiger partial charge in [-0.05, 0) is 60.2 Å². The van der Waals surface area contributed by atoms with E-state index in [1.54, 1.807) is 6.07 Å². The van der Waals surface area contributed by atoms with Gasteiger partial charge in [-0.1, -0.05) is 77.8 Å². The summed E-state index contributed by atoms with van der Waals surface area (Å²) in [4.78, 5) is 0. The van der Waals surface area contributed by atoms with Gasteiger partial charge in [0.15, 0.2) is 0 Å². The van der Waals surface area contributed by atoms with Crippen LogP contribution in [0.3, 0.4) is 0 Å². The Kier molecular flexibility index (Phi) is 7.38. The number of benzene rings is 4. The average Bonchev–Trinajstić information content (AvgIpc) is 2.73. The summed E-state index contributed by atoms with van der Waals surface area (Å²) in [6.45, 7) is 0. The summed E-state index contributed by atoms with van der Waals surface area (Å²) in [5.41, 5.74) is 1.15. The fraction of sp³-hybridized carbons (Fsp3) is 0.0400. The summed E-state index contributed by atoms with van der Waals surface area (Å²) >= 11 is 12.7. The van der Waals surface area contributed by atoms with Crippen LogP contribution in [0.5, 0.6) is 0 Å². The van der Waals surface area contributed by atoms with Crippen LogP contribution >= 0.6 is 30.5 Å². The Morgan fingerprint density at radius 3 is 1.21 bits per heavy atom. The lowest BCUT2D eigenvalue weighted by Gasteiger charge is -2.28. The zero-order valence-corrected chi connectivity index (χ0v) is 18.8. The lowest BCUT2D eigenvalue weighted by molar-refractivity contribution is -0.00000526. The largest absolute Gasteiger partial charge is 1.00 e. The van der Waals surface area contributed by atoms with E-state index in [2.05, 4.69) is 91.0 Å². The summed E-state index contributed by atoms with van der Waals surface area (Å²) in [6.07, 6.45) is 0.866. The third-order valence-electron chi connectivity index (χ3n) is 4.93. The van der Waals surface area contributed by atoms with Crippen molar-refractivity contribution in [1.82, 2.24) is 0 Å². The molecule has 0 amide bonds. The highest BCUT2D eigenvalue weighted by Gasteiger charge is 2.45. The van der Waals surface area contributed by atoms with E-state index in [9.17, 15) is 0 Å². The van der Waals surface area contributed by atoms with Crippen LogP contribution in [0.15, 0.2) is 109 Å². The van der Waals surface area contributed by atoms with E-state index in [4.69, 9.17) is 23.2 Å². The third kappa shape index (κ3) is 4.68. The number of hydrogen-bond donors (Lipinski definition) is 0. The Hall–Kier alpha value is -1.82. The van der Waals surface area contributed by atoms with E-state index in [1.165, 1.54) is 15.9 Å². The van der Waals surface area contributed by atoms with Crippen LogP contribution in [0.25, 0.3) is 0 Å². The molecular weight excluding hydrogens is 438 g/mol. The van der Waals surface area contributed by atoms with Crippen LogP contribution in [-0.2, 0) is 6.16 Å². The molecule has 0 aliphatic carbocycles. The zero-order valence-electron chi connectivity index (χ0n) is 15.7. The molecule has 4 heteroatoms. The smallest absolute Gasteiger partial charge is 0.116 e. The molecule has 0 bridgehead atoms. The van der Waals surface area contributed by atoms with Crippen molar-refractivity contribution >= 4 is 46.4 Å². The standard InChI is InChI=1S/C25H20Cl2P.ClH/c26-21-16-20(17-22(27)18-21)19-28(23-10-4-1-5-11-23,24-12-6-2-7-13-24)25-14-8-3-9-15-25;/h1-18H,19H2;1H/q+1;/p-1. The van der Waals surface area contributed by atoms with Crippen molar-refractivity contribution in [3.63, 3.8) is 0 Å². The van der Waals surface area contributed by atoms with Crippen molar-refractivity contribution < 1.29 is 12.4 Å². The predicted molar refractivity (Wildman–Crippen MR) is 125 cm³/mol. The molecule has 0 aromatic heterocycles. The van der Waals surface area contributed by atoms with Crippen LogP contribution in [-0.4, -0.2) is 0 Å². The number of halogens is 3. The minimum atomic E-state index is -1.93. The molecule has 29 heavy (non-hydrogen) atoms. The Morgan fingerprint density at radius 2 is 0.862 bits per heavy atom. The molecule has 0 nitrogen and oxygen atoms in total. The lowest BCUT2D eigenvalue weighted by atomic mass is 10.2. The highest BCUT2D eigenvalue weighted by Crippen LogP contribution is 2.58. The molecule has 0 saturated heterocycles. The van der Waals surface area contributed by atoms with Crippen molar-refractivity contribution in [2.75, 3.05) is 0 Å². The van der Waals surface area contributed by atoms with Gasteiger partial charge in [-0.3, -0.25) is 0 Å². The predicted octanol–water partition coefficient (Wildman–Crippen LogP) is 3.49.